The van der Waals surface area contributed by atoms with Crippen LogP contribution in [0, 0.1) is 23.2 Å². The lowest BCUT2D eigenvalue weighted by atomic mass is 9.53. The maximum atomic E-state index is 13.0. The molecule has 0 bridgehead atoms. The van der Waals surface area contributed by atoms with E-state index in [0.717, 1.165) is 51.4 Å². The van der Waals surface area contributed by atoms with Gasteiger partial charge in [0.15, 0.2) is 0 Å². The Bertz CT molecular complexity index is 900. The molecule has 6 nitrogen and oxygen atoms in total. The van der Waals surface area contributed by atoms with Crippen LogP contribution in [-0.4, -0.2) is 68.5 Å². The Morgan fingerprint density at radius 3 is 2.67 bits per heavy atom. The summed E-state index contributed by atoms with van der Waals surface area (Å²) < 4.78 is 17.4. The molecule has 6 heteroatoms. The number of hydrogen-bond acceptors (Lipinski definition) is 6. The van der Waals surface area contributed by atoms with Gasteiger partial charge in [0.25, 0.3) is 0 Å². The molecule has 3 saturated heterocycles. The monoisotopic (exact) mass is 454 g/mol. The van der Waals surface area contributed by atoms with Crippen molar-refractivity contribution < 1.29 is 19.0 Å². The standard InChI is InChI=1S/C27H38N2O4/c1-18-15-28(11-12-29(18)19-5-7-20(31-3)8-6-19)16-22-21-13-24-26(2,14-23(21)33-25(22)30)9-4-10-27(24)17-32-27/h5-8,18,21-24H,4,9-17H2,1-3H3/t18-,21-,22+,23+,24-,26+,27-/m0/s1. The Hall–Kier alpha value is -1.79. The number of hydrogen-bond donors (Lipinski definition) is 0. The molecule has 0 radical (unpaired) electrons. The van der Waals surface area contributed by atoms with Crippen LogP contribution in [0.1, 0.15) is 46.0 Å². The number of epoxide rings is 1. The van der Waals surface area contributed by atoms with E-state index in [0.29, 0.717) is 17.9 Å². The summed E-state index contributed by atoms with van der Waals surface area (Å²) in [6.45, 7) is 9.40. The fraction of sp³-hybridized carbons (Fsp3) is 0.741. The summed E-state index contributed by atoms with van der Waals surface area (Å²) in [5.74, 6) is 1.88. The van der Waals surface area contributed by atoms with Gasteiger partial charge in [0.05, 0.1) is 25.2 Å². The first-order chi connectivity index (χ1) is 15.9. The number of carbonyl (C=O) groups excluding carboxylic acids is 1. The Kier molecular flexibility index (Phi) is 5.18. The van der Waals surface area contributed by atoms with Crippen molar-refractivity contribution in [2.75, 3.05) is 44.8 Å². The van der Waals surface area contributed by atoms with E-state index in [1.165, 1.54) is 24.9 Å². The largest absolute Gasteiger partial charge is 0.497 e. The molecule has 33 heavy (non-hydrogen) atoms. The summed E-state index contributed by atoms with van der Waals surface area (Å²) in [7, 11) is 1.70. The van der Waals surface area contributed by atoms with Crippen molar-refractivity contribution in [2.45, 2.75) is 63.7 Å². The summed E-state index contributed by atoms with van der Waals surface area (Å²) >= 11 is 0. The smallest absolute Gasteiger partial charge is 0.310 e. The molecular formula is C27H38N2O4. The van der Waals surface area contributed by atoms with Crippen molar-refractivity contribution in [2.24, 2.45) is 23.2 Å². The molecule has 0 N–H and O–H groups in total. The molecule has 5 aliphatic rings. The number of nitrogens with zero attached hydrogens (tertiary/aromatic N) is 2. The number of rotatable bonds is 4. The highest BCUT2D eigenvalue weighted by Gasteiger charge is 2.65. The quantitative estimate of drug-likeness (QED) is 0.510. The molecule has 2 saturated carbocycles. The van der Waals surface area contributed by atoms with Crippen LogP contribution in [-0.2, 0) is 14.3 Å². The van der Waals surface area contributed by atoms with Crippen LogP contribution in [0.2, 0.25) is 0 Å². The molecule has 1 spiro atoms. The molecule has 1 aromatic rings. The maximum absolute atomic E-state index is 13.0. The van der Waals surface area contributed by atoms with Gasteiger partial charge in [0.1, 0.15) is 11.9 Å². The van der Waals surface area contributed by atoms with Gasteiger partial charge in [-0.15, -0.1) is 0 Å². The Labute approximate surface area is 197 Å². The van der Waals surface area contributed by atoms with Crippen molar-refractivity contribution in [3.8, 4) is 5.75 Å². The van der Waals surface area contributed by atoms with Gasteiger partial charge in [-0.1, -0.05) is 6.92 Å². The zero-order valence-electron chi connectivity index (χ0n) is 20.3. The minimum absolute atomic E-state index is 0.0111. The van der Waals surface area contributed by atoms with E-state index in [1.54, 1.807) is 7.11 Å². The average Bonchev–Trinajstić information content (AvgIpc) is 3.51. The fourth-order valence-corrected chi connectivity index (χ4v) is 7.80. The van der Waals surface area contributed by atoms with Crippen LogP contribution in [0.25, 0.3) is 0 Å². The zero-order valence-corrected chi connectivity index (χ0v) is 20.3. The van der Waals surface area contributed by atoms with E-state index in [4.69, 9.17) is 14.2 Å². The van der Waals surface area contributed by atoms with Crippen LogP contribution in [0.3, 0.4) is 0 Å². The average molecular weight is 455 g/mol. The highest BCUT2D eigenvalue weighted by Crippen LogP contribution is 2.62. The number of fused-ring (bicyclic) bond motifs is 3. The first-order valence-electron chi connectivity index (χ1n) is 12.9. The van der Waals surface area contributed by atoms with Crippen LogP contribution >= 0.6 is 0 Å². The van der Waals surface area contributed by atoms with Gasteiger partial charge >= 0.3 is 5.97 Å². The molecule has 2 aliphatic carbocycles. The predicted molar refractivity (Wildman–Crippen MR) is 126 cm³/mol. The van der Waals surface area contributed by atoms with Crippen LogP contribution in [0.15, 0.2) is 24.3 Å². The molecule has 1 aromatic carbocycles. The summed E-state index contributed by atoms with van der Waals surface area (Å²) in [5, 5.41) is 0. The van der Waals surface area contributed by atoms with Crippen LogP contribution in [0.5, 0.6) is 5.75 Å². The molecule has 0 unspecified atom stereocenters. The Morgan fingerprint density at radius 2 is 1.97 bits per heavy atom. The first-order valence-corrected chi connectivity index (χ1v) is 12.9. The van der Waals surface area contributed by atoms with E-state index >= 15 is 0 Å². The van der Waals surface area contributed by atoms with E-state index in [2.05, 4.69) is 35.8 Å². The molecular weight excluding hydrogens is 416 g/mol. The SMILES string of the molecule is COc1ccc(N2CCN(C[C@H]3C(=O)O[C@@H]4C[C@@]5(C)CCC[C@]6(CO6)[C@H]5C[C@H]43)C[C@@H]2C)cc1. The van der Waals surface area contributed by atoms with Crippen molar-refractivity contribution in [1.82, 2.24) is 4.90 Å². The minimum Gasteiger partial charge on any atom is -0.497 e. The van der Waals surface area contributed by atoms with Gasteiger partial charge in [-0.25, -0.2) is 0 Å². The van der Waals surface area contributed by atoms with Gasteiger partial charge in [0, 0.05) is 43.8 Å². The van der Waals surface area contributed by atoms with Crippen LogP contribution in [0.4, 0.5) is 5.69 Å². The first kappa shape index (κ1) is 21.7. The molecule has 0 aromatic heterocycles. The van der Waals surface area contributed by atoms with Gasteiger partial charge < -0.3 is 19.1 Å². The number of piperazine rings is 1. The van der Waals surface area contributed by atoms with Crippen LogP contribution < -0.4 is 9.64 Å². The van der Waals surface area contributed by atoms with E-state index in [1.807, 2.05) is 12.1 Å². The minimum atomic E-state index is 0.0111. The predicted octanol–water partition coefficient (Wildman–Crippen LogP) is 3.73. The number of esters is 1. The summed E-state index contributed by atoms with van der Waals surface area (Å²) in [4.78, 5) is 18.0. The third-order valence-electron chi connectivity index (χ3n) is 9.65. The lowest BCUT2D eigenvalue weighted by Gasteiger charge is -2.51. The van der Waals surface area contributed by atoms with Gasteiger partial charge in [-0.2, -0.15) is 0 Å². The number of carbonyl (C=O) groups is 1. The Morgan fingerprint density at radius 1 is 1.18 bits per heavy atom. The summed E-state index contributed by atoms with van der Waals surface area (Å²) in [5.41, 5.74) is 1.62. The Balaban J connectivity index is 1.12. The van der Waals surface area contributed by atoms with Gasteiger partial charge in [0.2, 0.25) is 0 Å². The lowest BCUT2D eigenvalue weighted by molar-refractivity contribution is -0.147. The molecule has 5 fully saturated rings. The maximum Gasteiger partial charge on any atom is 0.310 e. The van der Waals surface area contributed by atoms with E-state index < -0.39 is 0 Å². The summed E-state index contributed by atoms with van der Waals surface area (Å²) in [6, 6.07) is 8.74. The van der Waals surface area contributed by atoms with E-state index in [-0.39, 0.29) is 29.0 Å². The van der Waals surface area contributed by atoms with Crippen molar-refractivity contribution in [3.63, 3.8) is 0 Å². The number of anilines is 1. The second-order valence-corrected chi connectivity index (χ2v) is 11.6. The van der Waals surface area contributed by atoms with Gasteiger partial charge in [-0.3, -0.25) is 9.69 Å². The number of methoxy groups -OCH3 is 1. The third-order valence-corrected chi connectivity index (χ3v) is 9.65. The topological polar surface area (TPSA) is 54.5 Å². The van der Waals surface area contributed by atoms with Crippen molar-refractivity contribution in [1.29, 1.82) is 0 Å². The molecule has 3 aliphatic heterocycles. The summed E-state index contributed by atoms with van der Waals surface area (Å²) in [6.07, 6.45) is 5.93. The molecule has 7 atom stereocenters. The van der Waals surface area contributed by atoms with Crippen molar-refractivity contribution >= 4 is 11.7 Å². The second-order valence-electron chi connectivity index (χ2n) is 11.6. The highest BCUT2D eigenvalue weighted by atomic mass is 16.6. The molecule has 180 valence electrons. The molecule has 6 rings (SSSR count). The highest BCUT2D eigenvalue weighted by molar-refractivity contribution is 5.75. The van der Waals surface area contributed by atoms with E-state index in [9.17, 15) is 4.79 Å². The molecule has 3 heterocycles. The second kappa shape index (κ2) is 7.88. The third kappa shape index (κ3) is 3.65. The number of benzene rings is 1. The normalized spacial score (nSPS) is 42.6. The molecule has 0 amide bonds. The fourth-order valence-electron chi connectivity index (χ4n) is 7.80. The zero-order chi connectivity index (χ0) is 22.8. The number of ether oxygens (including phenoxy) is 3. The van der Waals surface area contributed by atoms with Crippen molar-refractivity contribution in [3.05, 3.63) is 24.3 Å². The van der Waals surface area contributed by atoms with Gasteiger partial charge in [-0.05, 0) is 74.6 Å². The lowest BCUT2D eigenvalue weighted by Crippen LogP contribution is -2.54.